The first-order valence-electron chi connectivity index (χ1n) is 5.25. The molecule has 0 saturated carbocycles. The van der Waals surface area contributed by atoms with Crippen LogP contribution in [0.5, 0.6) is 0 Å². The predicted octanol–water partition coefficient (Wildman–Crippen LogP) is 2.47. The van der Waals surface area contributed by atoms with E-state index in [4.69, 9.17) is 33.7 Å². The van der Waals surface area contributed by atoms with Gasteiger partial charge in [0.05, 0.1) is 6.04 Å². The number of rotatable bonds is 6. The quantitative estimate of drug-likeness (QED) is 0.868. The topological polar surface area (TPSA) is 52.3 Å². The smallest absolute Gasteiger partial charge is 0.154 e. The van der Waals surface area contributed by atoms with Gasteiger partial charge in [-0.1, -0.05) is 23.2 Å². The van der Waals surface area contributed by atoms with Gasteiger partial charge in [0.15, 0.2) is 5.78 Å². The highest BCUT2D eigenvalue weighted by atomic mass is 35.5. The van der Waals surface area contributed by atoms with Gasteiger partial charge in [-0.25, -0.2) is 0 Å². The first kappa shape index (κ1) is 14.5. The Morgan fingerprint density at radius 3 is 2.82 bits per heavy atom. The molecule has 17 heavy (non-hydrogen) atoms. The summed E-state index contributed by atoms with van der Waals surface area (Å²) in [4.78, 5) is 11.8. The van der Waals surface area contributed by atoms with Gasteiger partial charge in [0, 0.05) is 30.2 Å². The molecule has 94 valence electrons. The lowest BCUT2D eigenvalue weighted by molar-refractivity contribution is -0.120. The minimum absolute atomic E-state index is 0.0637. The number of ether oxygens (including phenoxy) is 1. The standard InChI is InChI=1S/C12H15Cl2NO2/c1-17-5-4-11(15)12(16)7-8-6-9(13)2-3-10(8)14/h2-3,6,11H,4-5,7,15H2,1H3. The summed E-state index contributed by atoms with van der Waals surface area (Å²) in [7, 11) is 1.57. The molecule has 0 amide bonds. The van der Waals surface area contributed by atoms with Gasteiger partial charge >= 0.3 is 0 Å². The van der Waals surface area contributed by atoms with E-state index >= 15 is 0 Å². The lowest BCUT2D eigenvalue weighted by Gasteiger charge is -2.10. The number of benzene rings is 1. The van der Waals surface area contributed by atoms with E-state index in [0.717, 1.165) is 0 Å². The summed E-state index contributed by atoms with van der Waals surface area (Å²) in [5.41, 5.74) is 6.44. The third kappa shape index (κ3) is 4.64. The molecule has 1 aromatic carbocycles. The second kappa shape index (κ2) is 6.97. The predicted molar refractivity (Wildman–Crippen MR) is 69.6 cm³/mol. The summed E-state index contributed by atoms with van der Waals surface area (Å²) in [6.45, 7) is 0.468. The Labute approximate surface area is 111 Å². The number of Topliss-reactive ketones (excluding diaryl/α,β-unsaturated/α-hetero) is 1. The Kier molecular flexibility index (Phi) is 5.92. The van der Waals surface area contributed by atoms with Gasteiger partial charge in [-0.15, -0.1) is 0 Å². The third-order valence-electron chi connectivity index (χ3n) is 2.42. The maximum absolute atomic E-state index is 11.8. The van der Waals surface area contributed by atoms with Crippen LogP contribution < -0.4 is 5.73 Å². The Bertz CT molecular complexity index is 396. The zero-order chi connectivity index (χ0) is 12.8. The fraction of sp³-hybridized carbons (Fsp3) is 0.417. The van der Waals surface area contributed by atoms with Gasteiger partial charge in [0.2, 0.25) is 0 Å². The van der Waals surface area contributed by atoms with Gasteiger partial charge in [0.25, 0.3) is 0 Å². The molecule has 5 heteroatoms. The minimum Gasteiger partial charge on any atom is -0.385 e. The van der Waals surface area contributed by atoms with Gasteiger partial charge in [-0.3, -0.25) is 4.79 Å². The van der Waals surface area contributed by atoms with Crippen molar-refractivity contribution >= 4 is 29.0 Å². The summed E-state index contributed by atoms with van der Waals surface area (Å²) < 4.78 is 4.88. The zero-order valence-electron chi connectivity index (χ0n) is 9.58. The molecule has 0 aliphatic rings. The molecule has 3 nitrogen and oxygen atoms in total. The third-order valence-corrected chi connectivity index (χ3v) is 3.02. The fourth-order valence-electron chi connectivity index (χ4n) is 1.40. The van der Waals surface area contributed by atoms with Crippen molar-refractivity contribution in [2.75, 3.05) is 13.7 Å². The molecule has 1 unspecified atom stereocenters. The molecule has 1 rings (SSSR count). The van der Waals surface area contributed by atoms with Crippen LogP contribution in [0.2, 0.25) is 10.0 Å². The van der Waals surface area contributed by atoms with E-state index < -0.39 is 6.04 Å². The summed E-state index contributed by atoms with van der Waals surface area (Å²) in [6, 6.07) is 4.52. The number of nitrogens with two attached hydrogens (primary N) is 1. The van der Waals surface area contributed by atoms with E-state index in [0.29, 0.717) is 28.6 Å². The summed E-state index contributed by atoms with van der Waals surface area (Å²) in [5, 5.41) is 1.09. The largest absolute Gasteiger partial charge is 0.385 e. The maximum atomic E-state index is 11.8. The van der Waals surface area contributed by atoms with Gasteiger partial charge < -0.3 is 10.5 Å². The molecule has 0 radical (unpaired) electrons. The van der Waals surface area contributed by atoms with Crippen LogP contribution in [0.15, 0.2) is 18.2 Å². The SMILES string of the molecule is COCCC(N)C(=O)Cc1cc(Cl)ccc1Cl. The molecule has 1 atom stereocenters. The number of ketones is 1. The zero-order valence-corrected chi connectivity index (χ0v) is 11.1. The average Bonchev–Trinajstić information content (AvgIpc) is 2.30. The van der Waals surface area contributed by atoms with Crippen molar-refractivity contribution < 1.29 is 9.53 Å². The van der Waals surface area contributed by atoms with Crippen LogP contribution in [0.4, 0.5) is 0 Å². The Morgan fingerprint density at radius 1 is 1.47 bits per heavy atom. The molecule has 0 bridgehead atoms. The first-order chi connectivity index (χ1) is 8.04. The maximum Gasteiger partial charge on any atom is 0.154 e. The molecule has 0 heterocycles. The molecular formula is C12H15Cl2NO2. The Balaban J connectivity index is 2.64. The molecule has 2 N–H and O–H groups in total. The van der Waals surface area contributed by atoms with E-state index in [2.05, 4.69) is 0 Å². The highest BCUT2D eigenvalue weighted by Gasteiger charge is 2.15. The van der Waals surface area contributed by atoms with Crippen molar-refractivity contribution in [1.29, 1.82) is 0 Å². The van der Waals surface area contributed by atoms with E-state index in [1.54, 1.807) is 25.3 Å². The van der Waals surface area contributed by atoms with E-state index in [-0.39, 0.29) is 12.2 Å². The number of halogens is 2. The van der Waals surface area contributed by atoms with E-state index in [1.807, 2.05) is 0 Å². The van der Waals surface area contributed by atoms with Crippen molar-refractivity contribution in [2.24, 2.45) is 5.73 Å². The first-order valence-corrected chi connectivity index (χ1v) is 6.01. The van der Waals surface area contributed by atoms with Crippen LogP contribution in [0, 0.1) is 0 Å². The fourth-order valence-corrected chi connectivity index (χ4v) is 1.78. The Morgan fingerprint density at radius 2 is 2.18 bits per heavy atom. The van der Waals surface area contributed by atoms with Crippen molar-refractivity contribution in [2.45, 2.75) is 18.9 Å². The normalized spacial score (nSPS) is 12.5. The van der Waals surface area contributed by atoms with Gasteiger partial charge in [-0.05, 0) is 30.2 Å². The molecule has 0 saturated heterocycles. The van der Waals surface area contributed by atoms with Crippen LogP contribution in [-0.4, -0.2) is 25.5 Å². The second-order valence-electron chi connectivity index (χ2n) is 3.77. The number of carbonyl (C=O) groups excluding carboxylic acids is 1. The molecule has 0 spiro atoms. The Hall–Kier alpha value is -0.610. The number of hydrogen-bond acceptors (Lipinski definition) is 3. The highest BCUT2D eigenvalue weighted by molar-refractivity contribution is 6.33. The van der Waals surface area contributed by atoms with Gasteiger partial charge in [-0.2, -0.15) is 0 Å². The van der Waals surface area contributed by atoms with Crippen LogP contribution in [0.3, 0.4) is 0 Å². The lowest BCUT2D eigenvalue weighted by Crippen LogP contribution is -2.33. The van der Waals surface area contributed by atoms with E-state index in [9.17, 15) is 4.79 Å². The molecule has 0 aliphatic heterocycles. The summed E-state index contributed by atoms with van der Waals surface area (Å²) in [6.07, 6.45) is 0.706. The molecule has 0 aromatic heterocycles. The average molecular weight is 276 g/mol. The van der Waals surface area contributed by atoms with E-state index in [1.165, 1.54) is 0 Å². The highest BCUT2D eigenvalue weighted by Crippen LogP contribution is 2.21. The van der Waals surface area contributed by atoms with Crippen molar-refractivity contribution in [3.8, 4) is 0 Å². The number of hydrogen-bond donors (Lipinski definition) is 1. The number of methoxy groups -OCH3 is 1. The monoisotopic (exact) mass is 275 g/mol. The van der Waals surface area contributed by atoms with Gasteiger partial charge in [0.1, 0.15) is 0 Å². The van der Waals surface area contributed by atoms with Crippen molar-refractivity contribution in [1.82, 2.24) is 0 Å². The summed E-state index contributed by atoms with van der Waals surface area (Å²) in [5.74, 6) is -0.0637. The minimum atomic E-state index is -0.523. The van der Waals surface area contributed by atoms with Crippen LogP contribution in [-0.2, 0) is 16.0 Å². The van der Waals surface area contributed by atoms with Crippen LogP contribution in [0.25, 0.3) is 0 Å². The van der Waals surface area contributed by atoms with Crippen LogP contribution >= 0.6 is 23.2 Å². The van der Waals surface area contributed by atoms with Crippen LogP contribution in [0.1, 0.15) is 12.0 Å². The second-order valence-corrected chi connectivity index (χ2v) is 4.61. The molecule has 0 aliphatic carbocycles. The molecular weight excluding hydrogens is 261 g/mol. The van der Waals surface area contributed by atoms with Crippen molar-refractivity contribution in [3.63, 3.8) is 0 Å². The number of carbonyl (C=O) groups is 1. The molecule has 1 aromatic rings. The van der Waals surface area contributed by atoms with Crippen molar-refractivity contribution in [3.05, 3.63) is 33.8 Å². The summed E-state index contributed by atoms with van der Waals surface area (Å²) >= 11 is 11.8. The molecule has 0 fully saturated rings. The lowest BCUT2D eigenvalue weighted by atomic mass is 10.0.